The Hall–Kier alpha value is -1.000. The van der Waals surface area contributed by atoms with E-state index in [4.69, 9.17) is 11.6 Å². The quantitative estimate of drug-likeness (QED) is 0.713. The van der Waals surface area contributed by atoms with E-state index < -0.39 is 0 Å². The first-order valence-electron chi connectivity index (χ1n) is 7.29. The van der Waals surface area contributed by atoms with Crippen LogP contribution in [0.15, 0.2) is 28.7 Å². The molecule has 0 aliphatic rings. The molecule has 1 aromatic carbocycles. The summed E-state index contributed by atoms with van der Waals surface area (Å²) >= 11 is 9.91. The number of alkyl halides is 1. The molecule has 0 spiro atoms. The Morgan fingerprint density at radius 2 is 2.05 bits per heavy atom. The fourth-order valence-electron chi connectivity index (χ4n) is 2.37. The van der Waals surface area contributed by atoms with Gasteiger partial charge in [-0.25, -0.2) is 0 Å². The lowest BCUT2D eigenvalue weighted by Gasteiger charge is -2.14. The number of aryl methyl sites for hydroxylation is 2. The highest BCUT2D eigenvalue weighted by molar-refractivity contribution is 9.10. The topological polar surface area (TPSA) is 29.9 Å². The third kappa shape index (κ3) is 3.61. The summed E-state index contributed by atoms with van der Waals surface area (Å²) in [7, 11) is 0. The van der Waals surface area contributed by atoms with Crippen LogP contribution in [-0.2, 0) is 19.5 Å². The van der Waals surface area contributed by atoms with Gasteiger partial charge in [0, 0.05) is 12.2 Å². The van der Waals surface area contributed by atoms with E-state index in [1.54, 1.807) is 0 Å². The van der Waals surface area contributed by atoms with E-state index >= 15 is 0 Å². The molecule has 0 bridgehead atoms. The summed E-state index contributed by atoms with van der Waals surface area (Å²) in [5.41, 5.74) is 4.47. The predicted octanol–water partition coefficient (Wildman–Crippen LogP) is 5.14. The van der Waals surface area contributed by atoms with Crippen molar-refractivity contribution < 1.29 is 0 Å². The molecule has 0 amide bonds. The second-order valence-corrected chi connectivity index (χ2v) is 6.38. The number of benzene rings is 1. The number of nitrogens with zero attached hydrogens (tertiary/aromatic N) is 2. The fourth-order valence-corrected chi connectivity index (χ4v) is 3.26. The van der Waals surface area contributed by atoms with Gasteiger partial charge in [-0.1, -0.05) is 25.1 Å². The summed E-state index contributed by atoms with van der Waals surface area (Å²) < 4.78 is 3.15. The van der Waals surface area contributed by atoms with Crippen LogP contribution >= 0.6 is 27.5 Å². The van der Waals surface area contributed by atoms with Gasteiger partial charge >= 0.3 is 0 Å². The highest BCUT2D eigenvalue weighted by atomic mass is 79.9. The fraction of sp³-hybridized carbons (Fsp3) is 0.438. The molecule has 1 unspecified atom stereocenters. The van der Waals surface area contributed by atoms with Crippen LogP contribution in [0.5, 0.6) is 0 Å². The maximum Gasteiger partial charge on any atom is 0.0767 e. The zero-order valence-corrected chi connectivity index (χ0v) is 15.0. The van der Waals surface area contributed by atoms with Crippen molar-refractivity contribution in [3.05, 3.63) is 45.7 Å². The molecule has 0 fully saturated rings. The molecule has 21 heavy (non-hydrogen) atoms. The maximum atomic E-state index is 6.24. The predicted molar refractivity (Wildman–Crippen MR) is 93.0 cm³/mol. The lowest BCUT2D eigenvalue weighted by molar-refractivity contribution is 0.619. The smallest absolute Gasteiger partial charge is 0.0767 e. The Kier molecular flexibility index (Phi) is 5.71. The molecule has 2 aromatic rings. The second-order valence-electron chi connectivity index (χ2n) is 4.93. The average Bonchev–Trinajstić information content (AvgIpc) is 2.80. The Morgan fingerprint density at radius 3 is 2.67 bits per heavy atom. The van der Waals surface area contributed by atoms with Gasteiger partial charge < -0.3 is 5.32 Å². The van der Waals surface area contributed by atoms with Gasteiger partial charge in [0.05, 0.1) is 27.8 Å². The summed E-state index contributed by atoms with van der Waals surface area (Å²) in [6.45, 7) is 7.81. The van der Waals surface area contributed by atoms with Gasteiger partial charge in [-0.15, -0.1) is 11.6 Å². The molecule has 0 radical (unpaired) electrons. The van der Waals surface area contributed by atoms with Crippen molar-refractivity contribution in [3.63, 3.8) is 0 Å². The zero-order valence-electron chi connectivity index (χ0n) is 12.7. The van der Waals surface area contributed by atoms with E-state index in [1.807, 2.05) is 23.7 Å². The largest absolute Gasteiger partial charge is 0.379 e. The number of hydrogen-bond acceptors (Lipinski definition) is 2. The number of halogens is 2. The summed E-state index contributed by atoms with van der Waals surface area (Å²) in [5, 5.41) is 8.09. The number of para-hydroxylation sites is 1. The minimum absolute atomic E-state index is 0.0144. The maximum absolute atomic E-state index is 6.24. The number of rotatable bonds is 6. The van der Waals surface area contributed by atoms with Crippen LogP contribution in [0.25, 0.3) is 0 Å². The van der Waals surface area contributed by atoms with Crippen molar-refractivity contribution in [3.8, 4) is 0 Å². The monoisotopic (exact) mass is 369 g/mol. The second kappa shape index (κ2) is 7.32. The molecule has 2 rings (SSSR count). The number of aromatic nitrogens is 2. The molecule has 1 atom stereocenters. The van der Waals surface area contributed by atoms with Gasteiger partial charge in [-0.2, -0.15) is 5.10 Å². The normalized spacial score (nSPS) is 12.4. The van der Waals surface area contributed by atoms with Gasteiger partial charge in [0.2, 0.25) is 0 Å². The molecule has 1 N–H and O–H groups in total. The van der Waals surface area contributed by atoms with E-state index in [0.717, 1.165) is 40.9 Å². The van der Waals surface area contributed by atoms with E-state index in [9.17, 15) is 0 Å². The van der Waals surface area contributed by atoms with Crippen molar-refractivity contribution in [1.29, 1.82) is 0 Å². The highest BCUT2D eigenvalue weighted by Gasteiger charge is 2.14. The van der Waals surface area contributed by atoms with Gasteiger partial charge in [0.15, 0.2) is 0 Å². The van der Waals surface area contributed by atoms with Crippen molar-refractivity contribution in [2.75, 3.05) is 5.32 Å². The van der Waals surface area contributed by atoms with Gasteiger partial charge in [-0.05, 0) is 47.8 Å². The van der Waals surface area contributed by atoms with Crippen LogP contribution in [0.3, 0.4) is 0 Å². The first-order chi connectivity index (χ1) is 10.1. The Bertz CT molecular complexity index is 608. The first-order valence-corrected chi connectivity index (χ1v) is 8.52. The zero-order chi connectivity index (χ0) is 15.4. The summed E-state index contributed by atoms with van der Waals surface area (Å²) in [4.78, 5) is 0. The van der Waals surface area contributed by atoms with Gasteiger partial charge in [-0.3, -0.25) is 4.68 Å². The van der Waals surface area contributed by atoms with Crippen molar-refractivity contribution >= 4 is 33.2 Å². The highest BCUT2D eigenvalue weighted by Crippen LogP contribution is 2.28. The molecule has 0 aliphatic carbocycles. The van der Waals surface area contributed by atoms with Crippen molar-refractivity contribution in [2.24, 2.45) is 0 Å². The van der Waals surface area contributed by atoms with Gasteiger partial charge in [0.25, 0.3) is 0 Å². The van der Waals surface area contributed by atoms with Crippen LogP contribution in [0.1, 0.15) is 43.1 Å². The minimum Gasteiger partial charge on any atom is -0.379 e. The molecule has 5 heteroatoms. The summed E-state index contributed by atoms with van der Waals surface area (Å²) in [5.74, 6) is 0. The van der Waals surface area contributed by atoms with Gasteiger partial charge in [0.1, 0.15) is 0 Å². The van der Waals surface area contributed by atoms with Crippen LogP contribution in [0.2, 0.25) is 0 Å². The van der Waals surface area contributed by atoms with Crippen LogP contribution in [-0.4, -0.2) is 9.78 Å². The van der Waals surface area contributed by atoms with Crippen LogP contribution in [0, 0.1) is 0 Å². The molecule has 1 aromatic heterocycles. The Balaban J connectivity index is 2.23. The van der Waals surface area contributed by atoms with E-state index in [-0.39, 0.29) is 5.38 Å². The lowest BCUT2D eigenvalue weighted by atomic mass is 10.1. The van der Waals surface area contributed by atoms with Crippen LogP contribution in [0.4, 0.5) is 5.69 Å². The molecule has 0 aliphatic heterocycles. The van der Waals surface area contributed by atoms with E-state index in [2.05, 4.69) is 52.3 Å². The third-order valence-corrected chi connectivity index (χ3v) is 4.68. The molecule has 3 nitrogen and oxygen atoms in total. The van der Waals surface area contributed by atoms with Crippen molar-refractivity contribution in [1.82, 2.24) is 9.78 Å². The lowest BCUT2D eigenvalue weighted by Crippen LogP contribution is -2.09. The van der Waals surface area contributed by atoms with E-state index in [1.165, 1.54) is 5.69 Å². The van der Waals surface area contributed by atoms with Crippen LogP contribution < -0.4 is 5.32 Å². The van der Waals surface area contributed by atoms with E-state index in [0.29, 0.717) is 0 Å². The average molecular weight is 371 g/mol. The van der Waals surface area contributed by atoms with Crippen molar-refractivity contribution in [2.45, 2.75) is 45.7 Å². The number of anilines is 1. The first kappa shape index (κ1) is 16.4. The molecule has 0 saturated carbocycles. The SMILES string of the molecule is CCc1nn(CC)c(CNc2ccccc2C(C)Cl)c1Br. The summed E-state index contributed by atoms with van der Waals surface area (Å²) in [6.07, 6.45) is 0.926. The molecular formula is C16H21BrClN3. The Morgan fingerprint density at radius 1 is 1.33 bits per heavy atom. The number of nitrogens with one attached hydrogen (secondary N) is 1. The molecule has 1 heterocycles. The standard InChI is InChI=1S/C16H21BrClN3/c1-4-13-16(17)15(21(5-2)20-13)10-19-14-9-7-6-8-12(14)11(3)18/h6-9,11,19H,4-5,10H2,1-3H3. The third-order valence-electron chi connectivity index (χ3n) is 3.53. The molecule has 114 valence electrons. The minimum atomic E-state index is -0.0144. The Labute approximate surface area is 139 Å². The molecular weight excluding hydrogens is 350 g/mol. The summed E-state index contributed by atoms with van der Waals surface area (Å²) in [6, 6.07) is 8.16. The number of hydrogen-bond donors (Lipinski definition) is 1. The molecule has 0 saturated heterocycles.